The fraction of sp³-hybridized carbons (Fsp3) is 0.571. The Hall–Kier alpha value is -2.30. The fourth-order valence-electron chi connectivity index (χ4n) is 3.92. The second-order valence-electron chi connectivity index (χ2n) is 8.59. The van der Waals surface area contributed by atoms with E-state index in [0.29, 0.717) is 42.9 Å². The Labute approximate surface area is 171 Å². The van der Waals surface area contributed by atoms with E-state index < -0.39 is 18.9 Å². The molecular weight excluding hydrogens is 380 g/mol. The summed E-state index contributed by atoms with van der Waals surface area (Å²) in [4.78, 5) is 15.9. The molecule has 1 aliphatic rings. The average Bonchev–Trinajstić information content (AvgIpc) is 2.57. The predicted octanol–water partition coefficient (Wildman–Crippen LogP) is 4.58. The zero-order chi connectivity index (χ0) is 22.1. The summed E-state index contributed by atoms with van der Waals surface area (Å²) in [6.07, 6.45) is 4.32. The number of hydrogen-bond donors (Lipinski definition) is 0. The van der Waals surface area contributed by atoms with Crippen LogP contribution in [0.25, 0.3) is 0 Å². The van der Waals surface area contributed by atoms with E-state index in [0.717, 1.165) is 11.3 Å². The first-order valence-corrected chi connectivity index (χ1v) is 9.78. The molecule has 1 heterocycles. The Morgan fingerprint density at radius 2 is 1.62 bits per heavy atom. The number of ether oxygens (including phenoxy) is 1. The second kappa shape index (κ2) is 8.21. The van der Waals surface area contributed by atoms with Crippen LogP contribution in [0, 0.1) is 33.1 Å². The Kier molecular flexibility index (Phi) is 6.51. The van der Waals surface area contributed by atoms with Crippen molar-refractivity contribution in [3.63, 3.8) is 0 Å². The number of carbonyl (C=O) groups is 1. The minimum absolute atomic E-state index is 0.264. The van der Waals surface area contributed by atoms with Crippen LogP contribution >= 0.6 is 0 Å². The van der Waals surface area contributed by atoms with Gasteiger partial charge in [0.05, 0.1) is 0 Å². The molecule has 2 rings (SSSR count). The molecule has 1 amide bonds. The van der Waals surface area contributed by atoms with Gasteiger partial charge in [-0.25, -0.2) is 4.79 Å². The first-order valence-electron chi connectivity index (χ1n) is 9.78. The molecule has 0 unspecified atom stereocenters. The van der Waals surface area contributed by atoms with Crippen LogP contribution in [0.1, 0.15) is 48.6 Å². The highest BCUT2D eigenvalue weighted by Crippen LogP contribution is 2.36. The van der Waals surface area contributed by atoms with E-state index in [4.69, 9.17) is 11.2 Å². The summed E-state index contributed by atoms with van der Waals surface area (Å²) in [5.41, 5.74) is 2.92. The number of anilines is 1. The standard InChI is InChI=1S/C21H29BF3N2O2/c1-8-17-14(2)18(13-22(23,24)25)16(4)19(15(17)3)26-9-11-27(12-10-26)20(28)29-21(5,6)7/h1H,9-13H2,2-7H3/q-1. The number of piperazine rings is 1. The molecule has 0 aromatic heterocycles. The van der Waals surface area contributed by atoms with Gasteiger partial charge in [0.1, 0.15) is 5.60 Å². The number of terminal acetylenes is 1. The molecule has 29 heavy (non-hydrogen) atoms. The van der Waals surface area contributed by atoms with Crippen LogP contribution < -0.4 is 4.90 Å². The highest BCUT2D eigenvalue weighted by Gasteiger charge is 2.31. The molecule has 0 saturated carbocycles. The number of amides is 1. The third kappa shape index (κ3) is 5.40. The van der Waals surface area contributed by atoms with Gasteiger partial charge in [0.2, 0.25) is 0 Å². The van der Waals surface area contributed by atoms with Crippen molar-refractivity contribution in [2.75, 3.05) is 31.1 Å². The van der Waals surface area contributed by atoms with Crippen molar-refractivity contribution in [1.82, 2.24) is 4.90 Å². The SMILES string of the molecule is C#Cc1c(C)c(C[B-](F)(F)F)c(C)c(N2CCN(C(=O)OC(C)(C)C)CC2)c1C. The molecule has 1 aromatic carbocycles. The van der Waals surface area contributed by atoms with Crippen LogP contribution in [0.15, 0.2) is 0 Å². The van der Waals surface area contributed by atoms with E-state index in [1.807, 2.05) is 32.6 Å². The van der Waals surface area contributed by atoms with E-state index in [-0.39, 0.29) is 11.7 Å². The van der Waals surface area contributed by atoms with Gasteiger partial charge in [0.15, 0.2) is 0 Å². The highest BCUT2D eigenvalue weighted by molar-refractivity contribution is 6.58. The zero-order valence-corrected chi connectivity index (χ0v) is 18.0. The largest absolute Gasteiger partial charge is 0.482 e. The third-order valence-corrected chi connectivity index (χ3v) is 5.19. The number of benzene rings is 1. The zero-order valence-electron chi connectivity index (χ0n) is 18.0. The molecule has 0 N–H and O–H groups in total. The van der Waals surface area contributed by atoms with Crippen molar-refractivity contribution in [2.45, 2.75) is 53.5 Å². The summed E-state index contributed by atoms with van der Waals surface area (Å²) in [5, 5.41) is 0. The molecular formula is C21H29BF3N2O2-. The lowest BCUT2D eigenvalue weighted by atomic mass is 9.76. The van der Waals surface area contributed by atoms with Gasteiger partial charge < -0.3 is 27.5 Å². The molecule has 1 saturated heterocycles. The molecule has 0 spiro atoms. The van der Waals surface area contributed by atoms with Gasteiger partial charge in [0, 0.05) is 37.4 Å². The Morgan fingerprint density at radius 3 is 2.07 bits per heavy atom. The van der Waals surface area contributed by atoms with Crippen LogP contribution in [-0.2, 0) is 11.1 Å². The van der Waals surface area contributed by atoms with Crippen molar-refractivity contribution in [3.05, 3.63) is 27.8 Å². The van der Waals surface area contributed by atoms with Gasteiger partial charge in [-0.1, -0.05) is 17.8 Å². The van der Waals surface area contributed by atoms with Crippen LogP contribution in [0.5, 0.6) is 0 Å². The van der Waals surface area contributed by atoms with Crippen LogP contribution in [-0.4, -0.2) is 49.8 Å². The van der Waals surface area contributed by atoms with E-state index in [9.17, 15) is 17.7 Å². The number of carbonyl (C=O) groups excluding carboxylic acids is 1. The van der Waals surface area contributed by atoms with Crippen molar-refractivity contribution < 1.29 is 22.5 Å². The second-order valence-corrected chi connectivity index (χ2v) is 8.59. The molecule has 8 heteroatoms. The van der Waals surface area contributed by atoms with Gasteiger partial charge in [-0.15, -0.1) is 6.42 Å². The molecule has 0 aliphatic carbocycles. The van der Waals surface area contributed by atoms with Crippen molar-refractivity contribution in [1.29, 1.82) is 0 Å². The lowest BCUT2D eigenvalue weighted by molar-refractivity contribution is 0.0240. The highest BCUT2D eigenvalue weighted by atomic mass is 19.4. The molecule has 0 radical (unpaired) electrons. The topological polar surface area (TPSA) is 32.8 Å². The Balaban J connectivity index is 2.33. The van der Waals surface area contributed by atoms with Crippen LogP contribution in [0.4, 0.5) is 23.4 Å². The Morgan fingerprint density at radius 1 is 1.07 bits per heavy atom. The lowest BCUT2D eigenvalue weighted by Gasteiger charge is -2.39. The van der Waals surface area contributed by atoms with Gasteiger partial charge >= 0.3 is 13.1 Å². The Bertz CT molecular complexity index is 831. The van der Waals surface area contributed by atoms with Crippen molar-refractivity contribution in [2.24, 2.45) is 0 Å². The van der Waals surface area contributed by atoms with Crippen LogP contribution in [0.2, 0.25) is 0 Å². The minimum atomic E-state index is -4.98. The van der Waals surface area contributed by atoms with E-state index in [1.54, 1.807) is 18.7 Å². The van der Waals surface area contributed by atoms with Gasteiger partial charge in [-0.2, -0.15) is 0 Å². The quantitative estimate of drug-likeness (QED) is 0.541. The normalized spacial score (nSPS) is 15.3. The summed E-state index contributed by atoms with van der Waals surface area (Å²) < 4.78 is 45.1. The summed E-state index contributed by atoms with van der Waals surface area (Å²) in [7, 11) is 0. The minimum Gasteiger partial charge on any atom is -0.449 e. The van der Waals surface area contributed by atoms with Gasteiger partial charge in [-0.05, 0) is 58.2 Å². The monoisotopic (exact) mass is 409 g/mol. The molecule has 0 bridgehead atoms. The van der Waals surface area contributed by atoms with E-state index in [2.05, 4.69) is 5.92 Å². The maximum Gasteiger partial charge on any atom is 0.482 e. The van der Waals surface area contributed by atoms with Crippen molar-refractivity contribution >= 4 is 18.8 Å². The lowest BCUT2D eigenvalue weighted by Crippen LogP contribution is -2.50. The summed E-state index contributed by atoms with van der Waals surface area (Å²) in [6.45, 7) is 7.58. The maximum atomic E-state index is 13.2. The first kappa shape index (κ1) is 23.0. The number of halogens is 3. The molecule has 0 atom stereocenters. The van der Waals surface area contributed by atoms with Gasteiger partial charge in [0.25, 0.3) is 0 Å². The number of hydrogen-bond acceptors (Lipinski definition) is 3. The average molecular weight is 409 g/mol. The smallest absolute Gasteiger partial charge is 0.449 e. The molecule has 1 aromatic rings. The molecule has 1 fully saturated rings. The molecule has 160 valence electrons. The van der Waals surface area contributed by atoms with E-state index in [1.165, 1.54) is 0 Å². The first-order chi connectivity index (χ1) is 13.2. The number of nitrogens with zero attached hydrogens (tertiary/aromatic N) is 2. The summed E-state index contributed by atoms with van der Waals surface area (Å²) in [5.74, 6) is 2.58. The molecule has 1 aliphatic heterocycles. The number of rotatable bonds is 3. The summed E-state index contributed by atoms with van der Waals surface area (Å²) >= 11 is 0. The van der Waals surface area contributed by atoms with Gasteiger partial charge in [-0.3, -0.25) is 0 Å². The fourth-order valence-corrected chi connectivity index (χ4v) is 3.92. The van der Waals surface area contributed by atoms with E-state index >= 15 is 0 Å². The van der Waals surface area contributed by atoms with Crippen LogP contribution in [0.3, 0.4) is 0 Å². The maximum absolute atomic E-state index is 13.2. The molecule has 4 nitrogen and oxygen atoms in total. The predicted molar refractivity (Wildman–Crippen MR) is 111 cm³/mol. The summed E-state index contributed by atoms with van der Waals surface area (Å²) in [6, 6.07) is 0. The van der Waals surface area contributed by atoms with Crippen molar-refractivity contribution in [3.8, 4) is 12.3 Å². The third-order valence-electron chi connectivity index (χ3n) is 5.19.